The summed E-state index contributed by atoms with van der Waals surface area (Å²) in [6.45, 7) is 5.42. The Kier molecular flexibility index (Phi) is 6.86. The van der Waals surface area contributed by atoms with E-state index in [4.69, 9.17) is 31.4 Å². The number of likely N-dealkylation sites (N-methyl/N-ethyl adjacent to an activating group) is 1. The molecular weight excluding hydrogens is 306 g/mol. The summed E-state index contributed by atoms with van der Waals surface area (Å²) in [5, 5.41) is 19.4. The molecule has 7 nitrogen and oxygen atoms in total. The second-order valence-corrected chi connectivity index (χ2v) is 4.99. The fourth-order valence-corrected chi connectivity index (χ4v) is 2.55. The molecule has 20 heavy (non-hydrogen) atoms. The Balaban J connectivity index is 0.000000286. The SMILES string of the molecule is CCN1CCC=C(N2NSC=C2Cl)C1.O=C(O)C(=O)O. The molecular formula is C11H16ClN3O4S. The molecule has 0 aliphatic carbocycles. The monoisotopic (exact) mass is 321 g/mol. The summed E-state index contributed by atoms with van der Waals surface area (Å²) >= 11 is 7.56. The standard InChI is InChI=1S/C9H14ClN3S.C2H2O4/c1-2-12-5-3-4-8(6-12)13-9(10)7-14-11-13;3-1(4)2(5)6/h4,7,11H,2-3,5-6H2,1H3;(H,3,4)(H,5,6). The van der Waals surface area contributed by atoms with E-state index >= 15 is 0 Å². The van der Waals surface area contributed by atoms with Gasteiger partial charge in [-0.3, -0.25) is 9.91 Å². The summed E-state index contributed by atoms with van der Waals surface area (Å²) in [4.78, 5) is 23.8. The molecule has 0 atom stereocenters. The third-order valence-corrected chi connectivity index (χ3v) is 3.68. The maximum Gasteiger partial charge on any atom is 0.414 e. The van der Waals surface area contributed by atoms with Crippen LogP contribution in [0.25, 0.3) is 0 Å². The van der Waals surface area contributed by atoms with Crippen molar-refractivity contribution in [1.29, 1.82) is 0 Å². The smallest absolute Gasteiger partial charge is 0.414 e. The normalized spacial score (nSPS) is 18.8. The molecule has 0 aromatic carbocycles. The van der Waals surface area contributed by atoms with E-state index in [1.165, 1.54) is 17.6 Å². The largest absolute Gasteiger partial charge is 0.473 e. The number of halogens is 1. The molecule has 0 unspecified atom stereocenters. The zero-order chi connectivity index (χ0) is 15.1. The van der Waals surface area contributed by atoms with Crippen LogP contribution in [-0.4, -0.2) is 51.7 Å². The minimum Gasteiger partial charge on any atom is -0.473 e. The van der Waals surface area contributed by atoms with E-state index in [-0.39, 0.29) is 0 Å². The molecule has 0 radical (unpaired) electrons. The van der Waals surface area contributed by atoms with E-state index in [1.54, 1.807) is 0 Å². The number of carboxylic acid groups (broad SMARTS) is 2. The van der Waals surface area contributed by atoms with Gasteiger partial charge in [-0.25, -0.2) is 9.59 Å². The van der Waals surface area contributed by atoms with Crippen LogP contribution < -0.4 is 4.83 Å². The number of hydrogen-bond donors (Lipinski definition) is 3. The van der Waals surface area contributed by atoms with Crippen molar-refractivity contribution in [3.63, 3.8) is 0 Å². The first-order chi connectivity index (χ1) is 9.45. The molecule has 2 rings (SSSR count). The minimum absolute atomic E-state index is 0.763. The Hall–Kier alpha value is -1.22. The first-order valence-electron chi connectivity index (χ1n) is 5.90. The minimum atomic E-state index is -1.82. The molecule has 2 heterocycles. The average Bonchev–Trinajstić information content (AvgIpc) is 2.85. The van der Waals surface area contributed by atoms with Crippen molar-refractivity contribution in [2.45, 2.75) is 13.3 Å². The van der Waals surface area contributed by atoms with Crippen molar-refractivity contribution in [2.75, 3.05) is 19.6 Å². The molecule has 0 saturated heterocycles. The lowest BCUT2D eigenvalue weighted by Gasteiger charge is -2.30. The van der Waals surface area contributed by atoms with Crippen molar-refractivity contribution in [3.8, 4) is 0 Å². The second-order valence-electron chi connectivity index (χ2n) is 3.95. The number of nitrogens with one attached hydrogen (secondary N) is 1. The fourth-order valence-electron chi connectivity index (χ4n) is 1.64. The number of nitrogens with zero attached hydrogens (tertiary/aromatic N) is 2. The molecule has 0 saturated carbocycles. The third-order valence-electron chi connectivity index (χ3n) is 2.64. The molecule has 0 bridgehead atoms. The lowest BCUT2D eigenvalue weighted by atomic mass is 10.2. The molecule has 0 fully saturated rings. The van der Waals surface area contributed by atoms with Crippen molar-refractivity contribution >= 4 is 35.5 Å². The third kappa shape index (κ3) is 5.04. The molecule has 0 amide bonds. The van der Waals surface area contributed by atoms with Gasteiger partial charge < -0.3 is 10.2 Å². The zero-order valence-corrected chi connectivity index (χ0v) is 12.4. The lowest BCUT2D eigenvalue weighted by Crippen LogP contribution is -2.37. The van der Waals surface area contributed by atoms with Gasteiger partial charge in [0, 0.05) is 24.2 Å². The Morgan fingerprint density at radius 3 is 2.55 bits per heavy atom. The first-order valence-corrected chi connectivity index (χ1v) is 7.16. The Morgan fingerprint density at radius 1 is 1.45 bits per heavy atom. The number of rotatable bonds is 2. The molecule has 0 aromatic heterocycles. The van der Waals surface area contributed by atoms with Crippen molar-refractivity contribution in [1.82, 2.24) is 14.7 Å². The number of hydrazine groups is 1. The Bertz CT molecular complexity index is 429. The molecule has 9 heteroatoms. The Labute approximate surface area is 126 Å². The van der Waals surface area contributed by atoms with Crippen molar-refractivity contribution < 1.29 is 19.8 Å². The van der Waals surface area contributed by atoms with Crippen molar-refractivity contribution in [2.24, 2.45) is 0 Å². The van der Waals surface area contributed by atoms with Gasteiger partial charge in [0.1, 0.15) is 5.16 Å². The Morgan fingerprint density at radius 2 is 2.10 bits per heavy atom. The van der Waals surface area contributed by atoms with Crippen LogP contribution in [0.4, 0.5) is 0 Å². The fraction of sp³-hybridized carbons (Fsp3) is 0.455. The van der Waals surface area contributed by atoms with Gasteiger partial charge in [0.2, 0.25) is 0 Å². The highest BCUT2D eigenvalue weighted by Crippen LogP contribution is 2.26. The van der Waals surface area contributed by atoms with Crippen LogP contribution in [0.1, 0.15) is 13.3 Å². The average molecular weight is 322 g/mol. The maximum atomic E-state index is 9.10. The summed E-state index contributed by atoms with van der Waals surface area (Å²) in [6, 6.07) is 0. The van der Waals surface area contributed by atoms with Gasteiger partial charge in [0.25, 0.3) is 0 Å². The van der Waals surface area contributed by atoms with Gasteiger partial charge in [-0.15, -0.1) is 0 Å². The second kappa shape index (κ2) is 8.15. The van der Waals surface area contributed by atoms with Crippen LogP contribution in [-0.2, 0) is 9.59 Å². The molecule has 2 aliphatic heterocycles. The summed E-state index contributed by atoms with van der Waals surface area (Å²) in [7, 11) is 0. The highest BCUT2D eigenvalue weighted by Gasteiger charge is 2.21. The van der Waals surface area contributed by atoms with Crippen LogP contribution in [0.5, 0.6) is 0 Å². The highest BCUT2D eigenvalue weighted by atomic mass is 35.5. The van der Waals surface area contributed by atoms with Crippen LogP contribution >= 0.6 is 23.5 Å². The van der Waals surface area contributed by atoms with Gasteiger partial charge in [0.05, 0.1) is 0 Å². The van der Waals surface area contributed by atoms with Crippen LogP contribution in [0.2, 0.25) is 0 Å². The van der Waals surface area contributed by atoms with Crippen molar-refractivity contribution in [3.05, 3.63) is 22.3 Å². The summed E-state index contributed by atoms with van der Waals surface area (Å²) in [5.41, 5.74) is 1.25. The number of carbonyl (C=O) groups is 2. The predicted molar refractivity (Wildman–Crippen MR) is 76.6 cm³/mol. The zero-order valence-electron chi connectivity index (χ0n) is 10.9. The number of carboxylic acids is 2. The maximum absolute atomic E-state index is 9.10. The van der Waals surface area contributed by atoms with E-state index in [2.05, 4.69) is 22.7 Å². The molecule has 0 spiro atoms. The highest BCUT2D eigenvalue weighted by molar-refractivity contribution is 8.00. The van der Waals surface area contributed by atoms with E-state index in [1.807, 2.05) is 10.4 Å². The van der Waals surface area contributed by atoms with E-state index in [9.17, 15) is 0 Å². The number of aliphatic carboxylic acids is 2. The van der Waals surface area contributed by atoms with Crippen LogP contribution in [0.15, 0.2) is 22.3 Å². The summed E-state index contributed by atoms with van der Waals surface area (Å²) in [5.74, 6) is -3.65. The van der Waals surface area contributed by atoms with Crippen LogP contribution in [0, 0.1) is 0 Å². The van der Waals surface area contributed by atoms with Gasteiger partial charge >= 0.3 is 11.9 Å². The quantitative estimate of drug-likeness (QED) is 0.397. The van der Waals surface area contributed by atoms with Crippen LogP contribution in [0.3, 0.4) is 0 Å². The molecule has 2 aliphatic rings. The molecule has 3 N–H and O–H groups in total. The molecule has 0 aromatic rings. The summed E-state index contributed by atoms with van der Waals surface area (Å²) < 4.78 is 0. The first kappa shape index (κ1) is 16.8. The van der Waals surface area contributed by atoms with Gasteiger partial charge in [-0.05, 0) is 24.9 Å². The van der Waals surface area contributed by atoms with Gasteiger partial charge in [-0.2, -0.15) is 4.83 Å². The molecule has 112 valence electrons. The topological polar surface area (TPSA) is 93.1 Å². The van der Waals surface area contributed by atoms with E-state index in [0.717, 1.165) is 31.2 Å². The lowest BCUT2D eigenvalue weighted by molar-refractivity contribution is -0.159. The van der Waals surface area contributed by atoms with Gasteiger partial charge in [0.15, 0.2) is 0 Å². The van der Waals surface area contributed by atoms with E-state index < -0.39 is 11.9 Å². The predicted octanol–water partition coefficient (Wildman–Crippen LogP) is 1.26. The number of hydrogen-bond acceptors (Lipinski definition) is 6. The summed E-state index contributed by atoms with van der Waals surface area (Å²) in [6.07, 6.45) is 3.36. The van der Waals surface area contributed by atoms with Gasteiger partial charge in [-0.1, -0.05) is 24.6 Å². The van der Waals surface area contributed by atoms with E-state index in [0.29, 0.717) is 0 Å².